The number of rotatable bonds is 3. The Morgan fingerprint density at radius 3 is 2.73 bits per heavy atom. The van der Waals surface area contributed by atoms with Gasteiger partial charge in [0.2, 0.25) is 0 Å². The highest BCUT2D eigenvalue weighted by molar-refractivity contribution is 5.74. The van der Waals surface area contributed by atoms with E-state index in [1.165, 1.54) is 0 Å². The van der Waals surface area contributed by atoms with Crippen LogP contribution in [0.15, 0.2) is 6.07 Å². The lowest BCUT2D eigenvalue weighted by atomic mass is 10.4. The maximum absolute atomic E-state index is 12.9. The standard InChI is InChI=1S/C8H7F3N2O2/c1-15-6(14)3-12-8-5(10)2-4(9)7(11)13-8/h2H,3H2,1H3,(H,12,13). The molecule has 0 saturated carbocycles. The van der Waals surface area contributed by atoms with E-state index in [2.05, 4.69) is 15.0 Å². The average molecular weight is 220 g/mol. The summed E-state index contributed by atoms with van der Waals surface area (Å²) in [4.78, 5) is 13.6. The minimum Gasteiger partial charge on any atom is -0.468 e. The topological polar surface area (TPSA) is 51.2 Å². The van der Waals surface area contributed by atoms with Gasteiger partial charge in [0.05, 0.1) is 7.11 Å². The molecule has 0 aliphatic heterocycles. The fourth-order valence-corrected chi connectivity index (χ4v) is 0.796. The first kappa shape index (κ1) is 11.3. The normalized spacial score (nSPS) is 9.87. The fraction of sp³-hybridized carbons (Fsp3) is 0.250. The van der Waals surface area contributed by atoms with Crippen LogP contribution in [0.4, 0.5) is 19.0 Å². The summed E-state index contributed by atoms with van der Waals surface area (Å²) in [7, 11) is 1.14. The van der Waals surface area contributed by atoms with Crippen LogP contribution in [0.5, 0.6) is 0 Å². The van der Waals surface area contributed by atoms with Crippen molar-refractivity contribution in [3.05, 3.63) is 23.6 Å². The summed E-state index contributed by atoms with van der Waals surface area (Å²) in [5.41, 5.74) is 0. The van der Waals surface area contributed by atoms with E-state index >= 15 is 0 Å². The van der Waals surface area contributed by atoms with E-state index in [9.17, 15) is 18.0 Å². The predicted molar refractivity (Wildman–Crippen MR) is 44.6 cm³/mol. The molecule has 1 heterocycles. The van der Waals surface area contributed by atoms with Crippen LogP contribution in [0.3, 0.4) is 0 Å². The van der Waals surface area contributed by atoms with Crippen LogP contribution in [0.2, 0.25) is 0 Å². The van der Waals surface area contributed by atoms with E-state index in [0.29, 0.717) is 6.07 Å². The second kappa shape index (κ2) is 4.63. The van der Waals surface area contributed by atoms with Crippen molar-refractivity contribution in [1.29, 1.82) is 0 Å². The van der Waals surface area contributed by atoms with Crippen molar-refractivity contribution in [2.24, 2.45) is 0 Å². The summed E-state index contributed by atoms with van der Waals surface area (Å²) in [5.74, 6) is -5.14. The Balaban J connectivity index is 2.77. The lowest BCUT2D eigenvalue weighted by Gasteiger charge is -2.05. The van der Waals surface area contributed by atoms with Crippen LogP contribution in [-0.2, 0) is 9.53 Å². The SMILES string of the molecule is COC(=O)CNc1nc(F)c(F)cc1F. The van der Waals surface area contributed by atoms with E-state index in [1.807, 2.05) is 0 Å². The summed E-state index contributed by atoms with van der Waals surface area (Å²) in [6.45, 7) is -0.383. The van der Waals surface area contributed by atoms with Gasteiger partial charge in [0, 0.05) is 6.07 Å². The predicted octanol–water partition coefficient (Wildman–Crippen LogP) is 1.08. The quantitative estimate of drug-likeness (QED) is 0.611. The van der Waals surface area contributed by atoms with Crippen LogP contribution in [0.1, 0.15) is 0 Å². The second-order valence-electron chi connectivity index (χ2n) is 2.52. The molecule has 0 amide bonds. The largest absolute Gasteiger partial charge is 0.468 e. The van der Waals surface area contributed by atoms with Gasteiger partial charge in [-0.3, -0.25) is 4.79 Å². The van der Waals surface area contributed by atoms with Gasteiger partial charge in [0.15, 0.2) is 17.5 Å². The number of anilines is 1. The lowest BCUT2D eigenvalue weighted by molar-refractivity contribution is -0.138. The number of halogens is 3. The number of carbonyl (C=O) groups excluding carboxylic acids is 1. The van der Waals surface area contributed by atoms with Gasteiger partial charge in [-0.25, -0.2) is 8.78 Å². The molecule has 1 aromatic heterocycles. The van der Waals surface area contributed by atoms with E-state index in [4.69, 9.17) is 0 Å². The molecule has 1 rings (SSSR count). The van der Waals surface area contributed by atoms with Crippen LogP contribution in [0, 0.1) is 17.6 Å². The summed E-state index contributed by atoms with van der Waals surface area (Å²) >= 11 is 0. The van der Waals surface area contributed by atoms with Crippen molar-refractivity contribution >= 4 is 11.8 Å². The molecule has 0 saturated heterocycles. The number of carbonyl (C=O) groups is 1. The summed E-state index contributed by atoms with van der Waals surface area (Å²) in [6, 6.07) is 0.335. The van der Waals surface area contributed by atoms with Gasteiger partial charge >= 0.3 is 5.97 Å². The Morgan fingerprint density at radius 1 is 1.47 bits per heavy atom. The van der Waals surface area contributed by atoms with E-state index in [-0.39, 0.29) is 6.54 Å². The van der Waals surface area contributed by atoms with Gasteiger partial charge < -0.3 is 10.1 Å². The smallest absolute Gasteiger partial charge is 0.325 e. The first-order valence-electron chi connectivity index (χ1n) is 3.87. The number of hydrogen-bond acceptors (Lipinski definition) is 4. The Bertz CT molecular complexity index is 384. The fourth-order valence-electron chi connectivity index (χ4n) is 0.796. The molecular weight excluding hydrogens is 213 g/mol. The minimum absolute atomic E-state index is 0.335. The molecule has 1 aromatic rings. The minimum atomic E-state index is -1.44. The van der Waals surface area contributed by atoms with Crippen LogP contribution in [-0.4, -0.2) is 24.6 Å². The number of ether oxygens (including phenoxy) is 1. The second-order valence-corrected chi connectivity index (χ2v) is 2.52. The molecule has 0 spiro atoms. The van der Waals surface area contributed by atoms with Crippen molar-refractivity contribution in [3.8, 4) is 0 Å². The molecule has 7 heteroatoms. The molecule has 4 nitrogen and oxygen atoms in total. The highest BCUT2D eigenvalue weighted by atomic mass is 19.2. The highest BCUT2D eigenvalue weighted by Crippen LogP contribution is 2.13. The van der Waals surface area contributed by atoms with E-state index in [1.54, 1.807) is 0 Å². The number of nitrogens with one attached hydrogen (secondary N) is 1. The molecule has 1 N–H and O–H groups in total. The van der Waals surface area contributed by atoms with Gasteiger partial charge in [0.25, 0.3) is 5.95 Å². The molecule has 0 fully saturated rings. The number of hydrogen-bond donors (Lipinski definition) is 1. The van der Waals surface area contributed by atoms with Gasteiger partial charge in [0.1, 0.15) is 6.54 Å². The first-order chi connectivity index (χ1) is 7.04. The number of pyridine rings is 1. The van der Waals surface area contributed by atoms with Crippen molar-refractivity contribution in [2.75, 3.05) is 19.0 Å². The van der Waals surface area contributed by atoms with Crippen molar-refractivity contribution in [3.63, 3.8) is 0 Å². The number of methoxy groups -OCH3 is 1. The van der Waals surface area contributed by atoms with E-state index < -0.39 is 29.4 Å². The summed E-state index contributed by atoms with van der Waals surface area (Å²) in [6.07, 6.45) is 0. The number of esters is 1. The van der Waals surface area contributed by atoms with Gasteiger partial charge in [-0.15, -0.1) is 0 Å². The number of nitrogens with zero attached hydrogens (tertiary/aromatic N) is 1. The summed E-state index contributed by atoms with van der Waals surface area (Å²) < 4.78 is 42.1. The van der Waals surface area contributed by atoms with Crippen molar-refractivity contribution in [1.82, 2.24) is 4.98 Å². The molecule has 0 aliphatic carbocycles. The van der Waals surface area contributed by atoms with Crippen molar-refractivity contribution < 1.29 is 22.7 Å². The van der Waals surface area contributed by atoms with Gasteiger partial charge in [-0.05, 0) is 0 Å². The van der Waals surface area contributed by atoms with Crippen LogP contribution < -0.4 is 5.32 Å². The molecular formula is C8H7F3N2O2. The Labute approximate surface area is 83.1 Å². The first-order valence-corrected chi connectivity index (χ1v) is 3.87. The van der Waals surface area contributed by atoms with Gasteiger partial charge in [-0.1, -0.05) is 0 Å². The highest BCUT2D eigenvalue weighted by Gasteiger charge is 2.12. The summed E-state index contributed by atoms with van der Waals surface area (Å²) in [5, 5.41) is 2.16. The molecule has 0 atom stereocenters. The van der Waals surface area contributed by atoms with Gasteiger partial charge in [-0.2, -0.15) is 9.37 Å². The third kappa shape index (κ3) is 2.83. The van der Waals surface area contributed by atoms with Crippen LogP contribution >= 0.6 is 0 Å². The molecule has 15 heavy (non-hydrogen) atoms. The Morgan fingerprint density at radius 2 is 2.13 bits per heavy atom. The lowest BCUT2D eigenvalue weighted by Crippen LogP contribution is -2.17. The molecule has 0 radical (unpaired) electrons. The Kier molecular flexibility index (Phi) is 3.48. The zero-order chi connectivity index (χ0) is 11.4. The van der Waals surface area contributed by atoms with E-state index in [0.717, 1.165) is 7.11 Å². The molecule has 0 unspecified atom stereocenters. The monoisotopic (exact) mass is 220 g/mol. The van der Waals surface area contributed by atoms with Crippen molar-refractivity contribution in [2.45, 2.75) is 0 Å². The molecule has 82 valence electrons. The average Bonchev–Trinajstić information content (AvgIpc) is 2.21. The van der Waals surface area contributed by atoms with Crippen LogP contribution in [0.25, 0.3) is 0 Å². The zero-order valence-electron chi connectivity index (χ0n) is 7.68. The third-order valence-electron chi connectivity index (χ3n) is 1.51. The zero-order valence-corrected chi connectivity index (χ0v) is 7.68. The maximum atomic E-state index is 12.9. The number of aromatic nitrogens is 1. The molecule has 0 aromatic carbocycles. The third-order valence-corrected chi connectivity index (χ3v) is 1.51. The maximum Gasteiger partial charge on any atom is 0.325 e. The Hall–Kier alpha value is -1.79. The molecule has 0 bridgehead atoms. The molecule has 0 aliphatic rings.